The molecule has 1 aliphatic heterocycles. The molecule has 7 heteroatoms. The fourth-order valence-corrected chi connectivity index (χ4v) is 3.50. The minimum atomic E-state index is -0.492. The Kier molecular flexibility index (Phi) is 6.49. The number of nitrogens with zero attached hydrogens (tertiary/aromatic N) is 1. The van der Waals surface area contributed by atoms with Crippen LogP contribution in [0.5, 0.6) is 5.88 Å². The monoisotopic (exact) mass is 372 g/mol. The van der Waals surface area contributed by atoms with Crippen molar-refractivity contribution < 1.29 is 19.1 Å². The van der Waals surface area contributed by atoms with Crippen molar-refractivity contribution in [2.75, 3.05) is 18.1 Å². The second kappa shape index (κ2) is 9.24. The highest BCUT2D eigenvalue weighted by Gasteiger charge is 2.17. The summed E-state index contributed by atoms with van der Waals surface area (Å²) in [6.07, 6.45) is 2.65. The minimum Gasteiger partial charge on any atom is -0.473 e. The van der Waals surface area contributed by atoms with Crippen molar-refractivity contribution in [3.63, 3.8) is 0 Å². The number of nitrogens with one attached hydrogen (secondary N) is 1. The molecule has 0 bridgehead atoms. The van der Waals surface area contributed by atoms with E-state index in [1.54, 1.807) is 12.1 Å². The maximum Gasteiger partial charge on any atom is 0.325 e. The molecule has 0 saturated carbocycles. The fourth-order valence-electron chi connectivity index (χ4n) is 2.40. The molecule has 136 valence electrons. The van der Waals surface area contributed by atoms with Crippen LogP contribution < -0.4 is 10.1 Å². The van der Waals surface area contributed by atoms with E-state index in [1.165, 1.54) is 6.20 Å². The first-order valence-electron chi connectivity index (χ1n) is 8.39. The molecule has 1 aromatic heterocycles. The smallest absolute Gasteiger partial charge is 0.325 e. The van der Waals surface area contributed by atoms with Gasteiger partial charge in [0.15, 0.2) is 0 Å². The molecule has 2 heterocycles. The topological polar surface area (TPSA) is 77.5 Å². The molecule has 0 spiro atoms. The van der Waals surface area contributed by atoms with Crippen LogP contribution in [-0.4, -0.2) is 41.0 Å². The van der Waals surface area contributed by atoms with Gasteiger partial charge >= 0.3 is 5.97 Å². The predicted molar refractivity (Wildman–Crippen MR) is 99.2 cm³/mol. The van der Waals surface area contributed by atoms with E-state index >= 15 is 0 Å². The maximum absolute atomic E-state index is 12.1. The minimum absolute atomic E-state index is 0.183. The van der Waals surface area contributed by atoms with Crippen molar-refractivity contribution in [3.05, 3.63) is 59.8 Å². The number of carbonyl (C=O) groups excluding carboxylic acids is 2. The van der Waals surface area contributed by atoms with Gasteiger partial charge in [0.05, 0.1) is 5.56 Å². The fraction of sp³-hybridized carbons (Fsp3) is 0.316. The van der Waals surface area contributed by atoms with Gasteiger partial charge in [0.1, 0.15) is 19.3 Å². The van der Waals surface area contributed by atoms with Crippen LogP contribution in [0.4, 0.5) is 0 Å². The highest BCUT2D eigenvalue weighted by Crippen LogP contribution is 2.21. The lowest BCUT2D eigenvalue weighted by Crippen LogP contribution is -2.30. The van der Waals surface area contributed by atoms with E-state index in [4.69, 9.17) is 9.47 Å². The molecule has 0 aliphatic carbocycles. The lowest BCUT2D eigenvalue weighted by atomic mass is 10.2. The predicted octanol–water partition coefficient (Wildman–Crippen LogP) is 2.44. The summed E-state index contributed by atoms with van der Waals surface area (Å²) in [5.41, 5.74) is 1.27. The van der Waals surface area contributed by atoms with E-state index in [9.17, 15) is 9.59 Å². The maximum atomic E-state index is 12.1. The van der Waals surface area contributed by atoms with Crippen molar-refractivity contribution in [1.82, 2.24) is 10.3 Å². The lowest BCUT2D eigenvalue weighted by molar-refractivity contribution is -0.143. The van der Waals surface area contributed by atoms with Crippen LogP contribution in [0.15, 0.2) is 48.7 Å². The molecule has 3 rings (SSSR count). The van der Waals surface area contributed by atoms with Gasteiger partial charge in [-0.1, -0.05) is 30.3 Å². The molecule has 1 unspecified atom stereocenters. The SMILES string of the molecule is O=C(CNC(=O)c1ccc(OC2CCSC2)nc1)OCc1ccccc1. The summed E-state index contributed by atoms with van der Waals surface area (Å²) in [4.78, 5) is 28.0. The van der Waals surface area contributed by atoms with Crippen molar-refractivity contribution in [2.24, 2.45) is 0 Å². The van der Waals surface area contributed by atoms with Crippen LogP contribution >= 0.6 is 11.8 Å². The zero-order valence-electron chi connectivity index (χ0n) is 14.2. The summed E-state index contributed by atoms with van der Waals surface area (Å²) in [5.74, 6) is 1.71. The first-order valence-corrected chi connectivity index (χ1v) is 9.54. The Morgan fingerprint density at radius 1 is 1.19 bits per heavy atom. The van der Waals surface area contributed by atoms with Gasteiger partial charge in [-0.05, 0) is 23.8 Å². The standard InChI is InChI=1S/C19H20N2O4S/c22-18(24-12-14-4-2-1-3-5-14)11-21-19(23)15-6-7-17(20-10-15)25-16-8-9-26-13-16/h1-7,10,16H,8-9,11-13H2,(H,21,23). The number of amides is 1. The third kappa shape index (κ3) is 5.49. The Morgan fingerprint density at radius 3 is 2.73 bits per heavy atom. The zero-order chi connectivity index (χ0) is 18.2. The number of esters is 1. The van der Waals surface area contributed by atoms with Gasteiger partial charge in [0.25, 0.3) is 5.91 Å². The summed E-state index contributed by atoms with van der Waals surface area (Å²) in [5, 5.41) is 2.53. The normalized spacial score (nSPS) is 16.1. The Morgan fingerprint density at radius 2 is 2.04 bits per heavy atom. The van der Waals surface area contributed by atoms with Gasteiger partial charge in [-0.2, -0.15) is 11.8 Å². The first-order chi connectivity index (χ1) is 12.7. The number of pyridine rings is 1. The van der Waals surface area contributed by atoms with Gasteiger partial charge in [-0.25, -0.2) is 4.98 Å². The highest BCUT2D eigenvalue weighted by atomic mass is 32.2. The van der Waals surface area contributed by atoms with Gasteiger partial charge in [0, 0.05) is 18.0 Å². The number of hydrogen-bond acceptors (Lipinski definition) is 6. The molecular formula is C19H20N2O4S. The van der Waals surface area contributed by atoms with E-state index in [0.29, 0.717) is 11.4 Å². The number of rotatable bonds is 7. The largest absolute Gasteiger partial charge is 0.473 e. The molecule has 1 saturated heterocycles. The van der Waals surface area contributed by atoms with Gasteiger partial charge in [-0.3, -0.25) is 9.59 Å². The lowest BCUT2D eigenvalue weighted by Gasteiger charge is -2.11. The molecule has 2 aromatic rings. The van der Waals surface area contributed by atoms with Crippen molar-refractivity contribution in [1.29, 1.82) is 0 Å². The summed E-state index contributed by atoms with van der Waals surface area (Å²) < 4.78 is 10.9. The zero-order valence-corrected chi connectivity index (χ0v) is 15.0. The third-order valence-corrected chi connectivity index (χ3v) is 4.94. The second-order valence-corrected chi connectivity index (χ2v) is 6.97. The van der Waals surface area contributed by atoms with Crippen LogP contribution in [0.2, 0.25) is 0 Å². The number of aromatic nitrogens is 1. The highest BCUT2D eigenvalue weighted by molar-refractivity contribution is 7.99. The molecular weight excluding hydrogens is 352 g/mol. The molecule has 1 aromatic carbocycles. The van der Waals surface area contributed by atoms with E-state index in [1.807, 2.05) is 42.1 Å². The molecule has 0 radical (unpaired) electrons. The molecule has 1 N–H and O–H groups in total. The Labute approximate surface area is 156 Å². The number of thioether (sulfide) groups is 1. The van der Waals surface area contributed by atoms with Crippen molar-refractivity contribution in [3.8, 4) is 5.88 Å². The Bertz CT molecular complexity index is 731. The summed E-state index contributed by atoms with van der Waals surface area (Å²) in [6, 6.07) is 12.7. The van der Waals surface area contributed by atoms with Crippen LogP contribution in [0.25, 0.3) is 0 Å². The summed E-state index contributed by atoms with van der Waals surface area (Å²) in [6.45, 7) is -0.00813. The van der Waals surface area contributed by atoms with Crippen molar-refractivity contribution in [2.45, 2.75) is 19.1 Å². The number of benzene rings is 1. The van der Waals surface area contributed by atoms with Crippen molar-refractivity contribution >= 4 is 23.6 Å². The van der Waals surface area contributed by atoms with E-state index in [-0.39, 0.29) is 25.2 Å². The molecule has 1 fully saturated rings. The molecule has 6 nitrogen and oxygen atoms in total. The molecule has 1 aliphatic rings. The average molecular weight is 372 g/mol. The summed E-state index contributed by atoms with van der Waals surface area (Å²) in [7, 11) is 0. The van der Waals surface area contributed by atoms with E-state index in [0.717, 1.165) is 23.5 Å². The molecule has 26 heavy (non-hydrogen) atoms. The Hall–Kier alpha value is -2.54. The Balaban J connectivity index is 1.41. The first kappa shape index (κ1) is 18.3. The summed E-state index contributed by atoms with van der Waals surface area (Å²) >= 11 is 1.86. The number of carbonyl (C=O) groups is 2. The average Bonchev–Trinajstić information content (AvgIpc) is 3.19. The van der Waals surface area contributed by atoms with Crippen LogP contribution in [0.1, 0.15) is 22.3 Å². The van der Waals surface area contributed by atoms with E-state index in [2.05, 4.69) is 10.3 Å². The van der Waals surface area contributed by atoms with Crippen LogP contribution in [0, 0.1) is 0 Å². The third-order valence-electron chi connectivity index (χ3n) is 3.81. The van der Waals surface area contributed by atoms with Crippen LogP contribution in [0.3, 0.4) is 0 Å². The molecule has 1 amide bonds. The van der Waals surface area contributed by atoms with Crippen LogP contribution in [-0.2, 0) is 16.1 Å². The number of hydrogen-bond donors (Lipinski definition) is 1. The van der Waals surface area contributed by atoms with Gasteiger partial charge < -0.3 is 14.8 Å². The van der Waals surface area contributed by atoms with Gasteiger partial charge in [0.2, 0.25) is 5.88 Å². The number of ether oxygens (including phenoxy) is 2. The second-order valence-electron chi connectivity index (χ2n) is 5.82. The van der Waals surface area contributed by atoms with E-state index < -0.39 is 5.97 Å². The van der Waals surface area contributed by atoms with Gasteiger partial charge in [-0.15, -0.1) is 0 Å². The molecule has 1 atom stereocenters. The quantitative estimate of drug-likeness (QED) is 0.752.